The molecule has 0 saturated carbocycles. The third kappa shape index (κ3) is 3.93. The van der Waals surface area contributed by atoms with Gasteiger partial charge in [-0.15, -0.1) is 0 Å². The van der Waals surface area contributed by atoms with Crippen LogP contribution in [0.3, 0.4) is 0 Å². The van der Waals surface area contributed by atoms with E-state index in [4.69, 9.17) is 9.47 Å². The number of halogens is 1. The first-order chi connectivity index (χ1) is 12.0. The predicted octanol–water partition coefficient (Wildman–Crippen LogP) is 3.20. The molecule has 3 rings (SSSR count). The Bertz CT molecular complexity index is 854. The van der Waals surface area contributed by atoms with E-state index in [-0.39, 0.29) is 23.8 Å². The Morgan fingerprint density at radius 3 is 2.56 bits per heavy atom. The Labute approximate surface area is 147 Å². The van der Waals surface area contributed by atoms with Gasteiger partial charge < -0.3 is 9.47 Å². The van der Waals surface area contributed by atoms with Crippen LogP contribution in [0, 0.1) is 5.82 Å². The van der Waals surface area contributed by atoms with Crippen molar-refractivity contribution in [2.24, 2.45) is 0 Å². The fraction of sp³-hybridized carbons (Fsp3) is 0.333. The Morgan fingerprint density at radius 2 is 1.84 bits per heavy atom. The molecule has 0 radical (unpaired) electrons. The minimum absolute atomic E-state index is 0.102. The van der Waals surface area contributed by atoms with Gasteiger partial charge in [0.1, 0.15) is 5.82 Å². The topological polar surface area (TPSA) is 55.8 Å². The summed E-state index contributed by atoms with van der Waals surface area (Å²) in [5.41, 5.74) is 0.597. The van der Waals surface area contributed by atoms with Crippen LogP contribution in [0.15, 0.2) is 47.4 Å². The standard InChI is InChI=1S/C18H20FNO4S/c1-2-20(13-14-5-3-6-15(19)11-14)25(21,22)16-7-8-17-18(12-16)24-10-4-9-23-17/h3,5-8,11-12H,2,4,9-10,13H2,1H3. The summed E-state index contributed by atoms with van der Waals surface area (Å²) in [6, 6.07) is 10.6. The van der Waals surface area contributed by atoms with Crippen LogP contribution in [0.25, 0.3) is 0 Å². The minimum atomic E-state index is -3.73. The number of benzene rings is 2. The summed E-state index contributed by atoms with van der Waals surface area (Å²) in [6.07, 6.45) is 0.747. The van der Waals surface area contributed by atoms with Crippen molar-refractivity contribution in [3.8, 4) is 11.5 Å². The van der Waals surface area contributed by atoms with E-state index in [1.807, 2.05) is 0 Å². The molecule has 0 spiro atoms. The molecule has 0 aliphatic carbocycles. The van der Waals surface area contributed by atoms with Gasteiger partial charge >= 0.3 is 0 Å². The molecule has 0 unspecified atom stereocenters. The summed E-state index contributed by atoms with van der Waals surface area (Å²) in [5, 5.41) is 0. The van der Waals surface area contributed by atoms with Crippen molar-refractivity contribution in [1.82, 2.24) is 4.31 Å². The largest absolute Gasteiger partial charge is 0.490 e. The van der Waals surface area contributed by atoms with Crippen molar-refractivity contribution in [2.45, 2.75) is 24.8 Å². The molecule has 0 saturated heterocycles. The third-order valence-corrected chi connectivity index (χ3v) is 5.87. The van der Waals surface area contributed by atoms with E-state index in [0.29, 0.717) is 30.3 Å². The molecule has 0 amide bonds. The molecular formula is C18H20FNO4S. The maximum Gasteiger partial charge on any atom is 0.243 e. The molecule has 25 heavy (non-hydrogen) atoms. The predicted molar refractivity (Wildman–Crippen MR) is 91.7 cm³/mol. The van der Waals surface area contributed by atoms with E-state index in [9.17, 15) is 12.8 Å². The van der Waals surface area contributed by atoms with E-state index in [2.05, 4.69) is 0 Å². The number of sulfonamides is 1. The molecule has 0 fully saturated rings. The van der Waals surface area contributed by atoms with Crippen molar-refractivity contribution >= 4 is 10.0 Å². The van der Waals surface area contributed by atoms with Crippen LogP contribution in [0.4, 0.5) is 4.39 Å². The highest BCUT2D eigenvalue weighted by Crippen LogP contribution is 2.33. The molecule has 134 valence electrons. The second-order valence-electron chi connectivity index (χ2n) is 5.72. The minimum Gasteiger partial charge on any atom is -0.490 e. The zero-order valence-electron chi connectivity index (χ0n) is 13.9. The lowest BCUT2D eigenvalue weighted by atomic mass is 10.2. The summed E-state index contributed by atoms with van der Waals surface area (Å²) in [6.45, 7) is 3.15. The number of nitrogens with zero attached hydrogens (tertiary/aromatic N) is 1. The van der Waals surface area contributed by atoms with Gasteiger partial charge in [0.15, 0.2) is 11.5 Å². The summed E-state index contributed by atoms with van der Waals surface area (Å²) in [5.74, 6) is 0.589. The average Bonchev–Trinajstić information content (AvgIpc) is 2.84. The summed E-state index contributed by atoms with van der Waals surface area (Å²) in [7, 11) is -3.73. The van der Waals surface area contributed by atoms with Gasteiger partial charge in [-0.25, -0.2) is 12.8 Å². The Hall–Kier alpha value is -2.12. The van der Waals surface area contributed by atoms with E-state index in [1.165, 1.54) is 28.6 Å². The second-order valence-corrected chi connectivity index (χ2v) is 7.66. The third-order valence-electron chi connectivity index (χ3n) is 3.96. The Balaban J connectivity index is 1.89. The maximum atomic E-state index is 13.4. The van der Waals surface area contributed by atoms with Crippen molar-refractivity contribution in [3.63, 3.8) is 0 Å². The van der Waals surface area contributed by atoms with Gasteiger partial charge in [0.05, 0.1) is 18.1 Å². The molecule has 1 aliphatic rings. The van der Waals surface area contributed by atoms with Crippen molar-refractivity contribution in [3.05, 3.63) is 53.8 Å². The Kier molecular flexibility index (Phi) is 5.24. The second kappa shape index (κ2) is 7.41. The highest BCUT2D eigenvalue weighted by atomic mass is 32.2. The molecule has 1 heterocycles. The first-order valence-corrected chi connectivity index (χ1v) is 9.59. The quantitative estimate of drug-likeness (QED) is 0.817. The van der Waals surface area contributed by atoms with Crippen LogP contribution in [-0.2, 0) is 16.6 Å². The highest BCUT2D eigenvalue weighted by Gasteiger charge is 2.25. The molecule has 0 aromatic heterocycles. The number of hydrogen-bond acceptors (Lipinski definition) is 4. The normalized spacial score (nSPS) is 14.4. The van der Waals surface area contributed by atoms with Crippen LogP contribution in [0.5, 0.6) is 11.5 Å². The Morgan fingerprint density at radius 1 is 1.08 bits per heavy atom. The first kappa shape index (κ1) is 17.7. The van der Waals surface area contributed by atoms with Gasteiger partial charge in [-0.1, -0.05) is 19.1 Å². The molecule has 0 bridgehead atoms. The monoisotopic (exact) mass is 365 g/mol. The van der Waals surface area contributed by atoms with Crippen LogP contribution < -0.4 is 9.47 Å². The molecular weight excluding hydrogens is 345 g/mol. The van der Waals surface area contributed by atoms with E-state index >= 15 is 0 Å². The summed E-state index contributed by atoms with van der Waals surface area (Å²) >= 11 is 0. The molecule has 2 aromatic rings. The van der Waals surface area contributed by atoms with Gasteiger partial charge in [0.25, 0.3) is 0 Å². The van der Waals surface area contributed by atoms with Crippen molar-refractivity contribution in [1.29, 1.82) is 0 Å². The van der Waals surface area contributed by atoms with Crippen LogP contribution in [0.2, 0.25) is 0 Å². The zero-order chi connectivity index (χ0) is 17.9. The first-order valence-electron chi connectivity index (χ1n) is 8.15. The van der Waals surface area contributed by atoms with Crippen LogP contribution in [0.1, 0.15) is 18.9 Å². The fourth-order valence-corrected chi connectivity index (χ4v) is 4.11. The lowest BCUT2D eigenvalue weighted by molar-refractivity contribution is 0.296. The fourth-order valence-electron chi connectivity index (χ4n) is 2.66. The number of hydrogen-bond donors (Lipinski definition) is 0. The van der Waals surface area contributed by atoms with Crippen molar-refractivity contribution in [2.75, 3.05) is 19.8 Å². The van der Waals surface area contributed by atoms with Crippen LogP contribution >= 0.6 is 0 Å². The number of ether oxygens (including phenoxy) is 2. The molecule has 0 N–H and O–H groups in total. The molecule has 5 nitrogen and oxygen atoms in total. The van der Waals surface area contributed by atoms with E-state index in [1.54, 1.807) is 25.1 Å². The van der Waals surface area contributed by atoms with Crippen LogP contribution in [-0.4, -0.2) is 32.5 Å². The molecule has 0 atom stereocenters. The smallest absolute Gasteiger partial charge is 0.243 e. The lowest BCUT2D eigenvalue weighted by Gasteiger charge is -2.21. The lowest BCUT2D eigenvalue weighted by Crippen LogP contribution is -2.30. The zero-order valence-corrected chi connectivity index (χ0v) is 14.8. The number of fused-ring (bicyclic) bond motifs is 1. The SMILES string of the molecule is CCN(Cc1cccc(F)c1)S(=O)(=O)c1ccc2c(c1)OCCCO2. The molecule has 7 heteroatoms. The van der Waals surface area contributed by atoms with Gasteiger partial charge in [0, 0.05) is 25.6 Å². The summed E-state index contributed by atoms with van der Waals surface area (Å²) in [4.78, 5) is 0.134. The average molecular weight is 365 g/mol. The van der Waals surface area contributed by atoms with E-state index < -0.39 is 10.0 Å². The van der Waals surface area contributed by atoms with Crippen molar-refractivity contribution < 1.29 is 22.3 Å². The molecule has 2 aromatic carbocycles. The summed E-state index contributed by atoms with van der Waals surface area (Å²) < 4.78 is 51.7. The van der Waals surface area contributed by atoms with Gasteiger partial charge in [-0.05, 0) is 29.8 Å². The maximum absolute atomic E-state index is 13.4. The number of rotatable bonds is 5. The van der Waals surface area contributed by atoms with Gasteiger partial charge in [-0.2, -0.15) is 4.31 Å². The van der Waals surface area contributed by atoms with E-state index in [0.717, 1.165) is 6.42 Å². The molecule has 1 aliphatic heterocycles. The van der Waals surface area contributed by atoms with Gasteiger partial charge in [-0.3, -0.25) is 0 Å². The van der Waals surface area contributed by atoms with Gasteiger partial charge in [0.2, 0.25) is 10.0 Å². The highest BCUT2D eigenvalue weighted by molar-refractivity contribution is 7.89.